The highest BCUT2D eigenvalue weighted by atomic mass is 79.9. The smallest absolute Gasteiger partial charge is 0.0972 e. The first-order valence-corrected chi connectivity index (χ1v) is 7.97. The van der Waals surface area contributed by atoms with Gasteiger partial charge in [0.25, 0.3) is 0 Å². The molecule has 0 fully saturated rings. The lowest BCUT2D eigenvalue weighted by molar-refractivity contribution is 0.176. The fraction of sp³-hybridized carbons (Fsp3) is 0.615. The summed E-state index contributed by atoms with van der Waals surface area (Å²) in [6.45, 7) is 8.16. The SMILES string of the molecule is Cc1nn(C)c(CC(O)c2snnc2C(C)(C)C)c1Br. The maximum absolute atomic E-state index is 10.5. The molecule has 1 atom stereocenters. The Morgan fingerprint density at radius 3 is 2.55 bits per heavy atom. The van der Waals surface area contributed by atoms with Gasteiger partial charge in [0.1, 0.15) is 0 Å². The third-order valence-corrected chi connectivity index (χ3v) is 5.03. The molecule has 20 heavy (non-hydrogen) atoms. The van der Waals surface area contributed by atoms with Crippen molar-refractivity contribution in [3.63, 3.8) is 0 Å². The van der Waals surface area contributed by atoms with Gasteiger partial charge >= 0.3 is 0 Å². The predicted molar refractivity (Wildman–Crippen MR) is 82.9 cm³/mol. The van der Waals surface area contributed by atoms with Crippen molar-refractivity contribution in [2.45, 2.75) is 45.6 Å². The summed E-state index contributed by atoms with van der Waals surface area (Å²) in [5.41, 5.74) is 2.64. The molecule has 0 aromatic carbocycles. The highest BCUT2D eigenvalue weighted by Gasteiger charge is 2.27. The van der Waals surface area contributed by atoms with Crippen molar-refractivity contribution in [1.82, 2.24) is 19.4 Å². The molecule has 0 aliphatic heterocycles. The minimum absolute atomic E-state index is 0.122. The molecule has 0 amide bonds. The third-order valence-electron chi connectivity index (χ3n) is 3.17. The van der Waals surface area contributed by atoms with Gasteiger partial charge in [-0.25, -0.2) is 0 Å². The molecule has 0 bridgehead atoms. The Bertz CT molecular complexity index is 614. The lowest BCUT2D eigenvalue weighted by Crippen LogP contribution is -2.17. The van der Waals surface area contributed by atoms with E-state index in [0.29, 0.717) is 6.42 Å². The van der Waals surface area contributed by atoms with Gasteiger partial charge in [-0.15, -0.1) is 5.10 Å². The summed E-state index contributed by atoms with van der Waals surface area (Å²) in [7, 11) is 1.88. The Kier molecular flexibility index (Phi) is 4.32. The number of rotatable bonds is 3. The van der Waals surface area contributed by atoms with Crippen molar-refractivity contribution in [2.75, 3.05) is 0 Å². The van der Waals surface area contributed by atoms with Crippen LogP contribution < -0.4 is 0 Å². The van der Waals surface area contributed by atoms with Gasteiger partial charge in [0.2, 0.25) is 0 Å². The summed E-state index contributed by atoms with van der Waals surface area (Å²) in [5.74, 6) is 0. The second-order valence-corrected chi connectivity index (χ2v) is 7.50. The monoisotopic (exact) mass is 358 g/mol. The number of aryl methyl sites for hydroxylation is 2. The largest absolute Gasteiger partial charge is 0.387 e. The number of aromatic nitrogens is 4. The molecule has 7 heteroatoms. The molecule has 0 spiro atoms. The molecular formula is C13H19BrN4OS. The van der Waals surface area contributed by atoms with Crippen molar-refractivity contribution in [3.8, 4) is 0 Å². The van der Waals surface area contributed by atoms with Gasteiger partial charge in [0, 0.05) is 18.9 Å². The van der Waals surface area contributed by atoms with Gasteiger partial charge in [0.05, 0.1) is 32.5 Å². The second-order valence-electron chi connectivity index (χ2n) is 5.93. The van der Waals surface area contributed by atoms with E-state index >= 15 is 0 Å². The normalized spacial score (nSPS) is 13.8. The third kappa shape index (κ3) is 2.94. The lowest BCUT2D eigenvalue weighted by atomic mass is 9.90. The first-order chi connectivity index (χ1) is 9.21. The van der Waals surface area contributed by atoms with Crippen molar-refractivity contribution in [2.24, 2.45) is 7.05 Å². The van der Waals surface area contributed by atoms with Crippen LogP contribution in [0.15, 0.2) is 4.47 Å². The van der Waals surface area contributed by atoms with Gasteiger partial charge in [-0.1, -0.05) is 25.3 Å². The van der Waals surface area contributed by atoms with Gasteiger partial charge in [-0.05, 0) is 34.4 Å². The van der Waals surface area contributed by atoms with Gasteiger partial charge in [-0.2, -0.15) is 5.10 Å². The number of hydrogen-bond acceptors (Lipinski definition) is 5. The fourth-order valence-corrected chi connectivity index (χ4v) is 3.46. The number of hydrogen-bond donors (Lipinski definition) is 1. The van der Waals surface area contributed by atoms with Crippen molar-refractivity contribution >= 4 is 27.5 Å². The molecule has 2 rings (SSSR count). The van der Waals surface area contributed by atoms with E-state index < -0.39 is 6.10 Å². The van der Waals surface area contributed by atoms with Crippen molar-refractivity contribution < 1.29 is 5.11 Å². The molecule has 5 nitrogen and oxygen atoms in total. The summed E-state index contributed by atoms with van der Waals surface area (Å²) < 4.78 is 6.75. The Hall–Kier alpha value is -0.790. The molecule has 2 heterocycles. The molecule has 0 radical (unpaired) electrons. The van der Waals surface area contributed by atoms with Gasteiger partial charge in [0.15, 0.2) is 0 Å². The van der Waals surface area contributed by atoms with Crippen LogP contribution in [-0.2, 0) is 18.9 Å². The number of aliphatic hydroxyl groups is 1. The highest BCUT2D eigenvalue weighted by molar-refractivity contribution is 9.10. The molecule has 0 saturated carbocycles. The minimum atomic E-state index is -0.615. The number of aliphatic hydroxyl groups excluding tert-OH is 1. The van der Waals surface area contributed by atoms with Gasteiger partial charge < -0.3 is 5.11 Å². The standard InChI is InChI=1S/C13H19BrN4OS/c1-7-10(14)8(18(5)16-7)6-9(19)11-12(13(2,3)4)15-17-20-11/h9,19H,6H2,1-5H3. The molecule has 1 N–H and O–H groups in total. The zero-order valence-corrected chi connectivity index (χ0v) is 14.7. The van der Waals surface area contributed by atoms with E-state index in [1.165, 1.54) is 11.5 Å². The van der Waals surface area contributed by atoms with Crippen LogP contribution >= 0.6 is 27.5 Å². The Balaban J connectivity index is 2.29. The van der Waals surface area contributed by atoms with E-state index in [9.17, 15) is 5.11 Å². The quantitative estimate of drug-likeness (QED) is 0.915. The molecular weight excluding hydrogens is 340 g/mol. The molecule has 0 aliphatic carbocycles. The molecule has 0 saturated heterocycles. The van der Waals surface area contributed by atoms with Crippen LogP contribution in [0.4, 0.5) is 0 Å². The van der Waals surface area contributed by atoms with Crippen molar-refractivity contribution in [3.05, 3.63) is 26.4 Å². The molecule has 2 aromatic rings. The van der Waals surface area contributed by atoms with E-state index in [0.717, 1.165) is 26.4 Å². The van der Waals surface area contributed by atoms with E-state index in [1.54, 1.807) is 4.68 Å². The van der Waals surface area contributed by atoms with E-state index in [2.05, 4.69) is 51.4 Å². The Labute approximate surface area is 131 Å². The first kappa shape index (κ1) is 15.6. The maximum atomic E-state index is 10.5. The molecule has 2 aromatic heterocycles. The average Bonchev–Trinajstić information content (AvgIpc) is 2.90. The van der Waals surface area contributed by atoms with E-state index in [-0.39, 0.29) is 5.41 Å². The van der Waals surface area contributed by atoms with Gasteiger partial charge in [-0.3, -0.25) is 4.68 Å². The lowest BCUT2D eigenvalue weighted by Gasteiger charge is -2.19. The van der Waals surface area contributed by atoms with Crippen LogP contribution in [0.1, 0.15) is 48.8 Å². The van der Waals surface area contributed by atoms with Crippen LogP contribution in [-0.4, -0.2) is 24.5 Å². The summed E-state index contributed by atoms with van der Waals surface area (Å²) >= 11 is 4.79. The maximum Gasteiger partial charge on any atom is 0.0972 e. The zero-order valence-electron chi connectivity index (χ0n) is 12.3. The molecule has 110 valence electrons. The Morgan fingerprint density at radius 1 is 1.40 bits per heavy atom. The highest BCUT2D eigenvalue weighted by Crippen LogP contribution is 2.33. The second kappa shape index (κ2) is 5.54. The van der Waals surface area contributed by atoms with E-state index in [1.807, 2.05) is 14.0 Å². The van der Waals surface area contributed by atoms with Crippen LogP contribution in [0.25, 0.3) is 0 Å². The molecule has 0 aliphatic rings. The van der Waals surface area contributed by atoms with Crippen LogP contribution in [0.5, 0.6) is 0 Å². The summed E-state index contributed by atoms with van der Waals surface area (Å²) in [5, 5.41) is 19.1. The fourth-order valence-electron chi connectivity index (χ4n) is 2.11. The summed E-state index contributed by atoms with van der Waals surface area (Å²) in [4.78, 5) is 0.836. The van der Waals surface area contributed by atoms with Crippen LogP contribution in [0.2, 0.25) is 0 Å². The Morgan fingerprint density at radius 2 is 2.05 bits per heavy atom. The summed E-state index contributed by atoms with van der Waals surface area (Å²) in [6, 6.07) is 0. The van der Waals surface area contributed by atoms with Crippen molar-refractivity contribution in [1.29, 1.82) is 0 Å². The summed E-state index contributed by atoms with van der Waals surface area (Å²) in [6.07, 6.45) is -0.124. The topological polar surface area (TPSA) is 63.8 Å². The average molecular weight is 359 g/mol. The first-order valence-electron chi connectivity index (χ1n) is 6.40. The minimum Gasteiger partial charge on any atom is -0.387 e. The van der Waals surface area contributed by atoms with Crippen LogP contribution in [0.3, 0.4) is 0 Å². The number of nitrogens with zero attached hydrogens (tertiary/aromatic N) is 4. The van der Waals surface area contributed by atoms with E-state index in [4.69, 9.17) is 0 Å². The predicted octanol–water partition coefficient (Wildman–Crippen LogP) is 2.92. The molecule has 1 unspecified atom stereocenters. The van der Waals surface area contributed by atoms with Crippen LogP contribution in [0, 0.1) is 6.92 Å². The number of halogens is 1. The zero-order chi connectivity index (χ0) is 15.1.